The van der Waals surface area contributed by atoms with Crippen LogP contribution in [0.3, 0.4) is 0 Å². The Hall–Kier alpha value is -1.51. The van der Waals surface area contributed by atoms with Crippen LogP contribution in [0.2, 0.25) is 0 Å². The van der Waals surface area contributed by atoms with Crippen LogP contribution in [0.15, 0.2) is 24.3 Å². The SMILES string of the molecule is CC(CNc1ccccc1C(C)(C)C)C(N)=O. The number of benzene rings is 1. The summed E-state index contributed by atoms with van der Waals surface area (Å²) < 4.78 is 0. The number of para-hydroxylation sites is 1. The van der Waals surface area contributed by atoms with E-state index in [-0.39, 0.29) is 17.2 Å². The van der Waals surface area contributed by atoms with Crippen molar-refractivity contribution in [2.24, 2.45) is 11.7 Å². The molecule has 3 nitrogen and oxygen atoms in total. The van der Waals surface area contributed by atoms with E-state index in [9.17, 15) is 4.79 Å². The summed E-state index contributed by atoms with van der Waals surface area (Å²) in [6.45, 7) is 8.92. The van der Waals surface area contributed by atoms with Crippen molar-refractivity contribution in [3.8, 4) is 0 Å². The Morgan fingerprint density at radius 1 is 1.35 bits per heavy atom. The van der Waals surface area contributed by atoms with Gasteiger partial charge in [-0.05, 0) is 17.0 Å². The lowest BCUT2D eigenvalue weighted by Crippen LogP contribution is -2.27. The topological polar surface area (TPSA) is 55.1 Å². The third kappa shape index (κ3) is 3.77. The molecule has 3 heteroatoms. The van der Waals surface area contributed by atoms with Crippen LogP contribution in [0.25, 0.3) is 0 Å². The molecule has 0 fully saturated rings. The molecule has 1 aromatic carbocycles. The lowest BCUT2D eigenvalue weighted by molar-refractivity contribution is -0.120. The Morgan fingerprint density at radius 3 is 2.47 bits per heavy atom. The fourth-order valence-electron chi connectivity index (χ4n) is 1.65. The van der Waals surface area contributed by atoms with Gasteiger partial charge in [-0.1, -0.05) is 45.9 Å². The number of carbonyl (C=O) groups excluding carboxylic acids is 1. The van der Waals surface area contributed by atoms with Crippen LogP contribution in [0.1, 0.15) is 33.3 Å². The van der Waals surface area contributed by atoms with Gasteiger partial charge in [-0.3, -0.25) is 4.79 Å². The molecule has 0 aliphatic carbocycles. The predicted octanol–water partition coefficient (Wildman–Crippen LogP) is 2.52. The molecule has 0 aliphatic heterocycles. The fourth-order valence-corrected chi connectivity index (χ4v) is 1.65. The Kier molecular flexibility index (Phi) is 4.16. The van der Waals surface area contributed by atoms with Gasteiger partial charge in [-0.25, -0.2) is 0 Å². The molecule has 3 N–H and O–H groups in total. The smallest absolute Gasteiger partial charge is 0.222 e. The van der Waals surface area contributed by atoms with E-state index in [1.807, 2.05) is 25.1 Å². The zero-order valence-electron chi connectivity index (χ0n) is 11.1. The first-order valence-corrected chi connectivity index (χ1v) is 5.95. The average Bonchev–Trinajstić information content (AvgIpc) is 2.24. The van der Waals surface area contributed by atoms with Crippen LogP contribution in [-0.4, -0.2) is 12.5 Å². The van der Waals surface area contributed by atoms with Crippen molar-refractivity contribution in [1.29, 1.82) is 0 Å². The highest BCUT2D eigenvalue weighted by Gasteiger charge is 2.18. The highest BCUT2D eigenvalue weighted by molar-refractivity contribution is 5.77. The number of carbonyl (C=O) groups is 1. The molecule has 17 heavy (non-hydrogen) atoms. The lowest BCUT2D eigenvalue weighted by Gasteiger charge is -2.24. The number of nitrogens with two attached hydrogens (primary N) is 1. The number of nitrogens with one attached hydrogen (secondary N) is 1. The zero-order valence-corrected chi connectivity index (χ0v) is 11.1. The quantitative estimate of drug-likeness (QED) is 0.841. The van der Waals surface area contributed by atoms with Crippen LogP contribution in [0, 0.1) is 5.92 Å². The summed E-state index contributed by atoms with van der Waals surface area (Å²) in [4.78, 5) is 11.0. The molecule has 0 bridgehead atoms. The van der Waals surface area contributed by atoms with E-state index in [4.69, 9.17) is 5.73 Å². The number of amides is 1. The Bertz CT molecular complexity index is 393. The maximum absolute atomic E-state index is 11.0. The number of hydrogen-bond acceptors (Lipinski definition) is 2. The second kappa shape index (κ2) is 5.21. The molecule has 0 heterocycles. The highest BCUT2D eigenvalue weighted by atomic mass is 16.1. The third-order valence-electron chi connectivity index (χ3n) is 2.82. The normalized spacial score (nSPS) is 13.2. The van der Waals surface area contributed by atoms with E-state index in [0.29, 0.717) is 6.54 Å². The predicted molar refractivity (Wildman–Crippen MR) is 72.0 cm³/mol. The van der Waals surface area contributed by atoms with Crippen LogP contribution >= 0.6 is 0 Å². The first-order chi connectivity index (χ1) is 7.82. The molecule has 1 amide bonds. The molecule has 0 radical (unpaired) electrons. The molecule has 1 aromatic rings. The average molecular weight is 234 g/mol. The van der Waals surface area contributed by atoms with Gasteiger partial charge in [0.25, 0.3) is 0 Å². The minimum absolute atomic E-state index is 0.0829. The van der Waals surface area contributed by atoms with Crippen LogP contribution in [-0.2, 0) is 10.2 Å². The summed E-state index contributed by atoms with van der Waals surface area (Å²) in [6.07, 6.45) is 0. The van der Waals surface area contributed by atoms with E-state index >= 15 is 0 Å². The largest absolute Gasteiger partial charge is 0.384 e. The molecular formula is C14H22N2O. The molecule has 0 saturated carbocycles. The summed E-state index contributed by atoms with van der Waals surface area (Å²) in [6, 6.07) is 8.17. The van der Waals surface area contributed by atoms with E-state index in [1.54, 1.807) is 0 Å². The molecule has 1 unspecified atom stereocenters. The molecule has 0 aliphatic rings. The highest BCUT2D eigenvalue weighted by Crippen LogP contribution is 2.29. The van der Waals surface area contributed by atoms with Gasteiger partial charge in [-0.2, -0.15) is 0 Å². The second-order valence-electron chi connectivity index (χ2n) is 5.48. The summed E-state index contributed by atoms with van der Waals surface area (Å²) >= 11 is 0. The summed E-state index contributed by atoms with van der Waals surface area (Å²) in [5.74, 6) is -0.436. The van der Waals surface area contributed by atoms with Crippen molar-refractivity contribution in [2.45, 2.75) is 33.1 Å². The minimum atomic E-state index is -0.272. The van der Waals surface area contributed by atoms with E-state index in [0.717, 1.165) is 5.69 Å². The molecule has 0 spiro atoms. The van der Waals surface area contributed by atoms with Gasteiger partial charge >= 0.3 is 0 Å². The maximum Gasteiger partial charge on any atom is 0.222 e. The second-order valence-corrected chi connectivity index (χ2v) is 5.48. The Labute approximate surface area is 103 Å². The number of primary amides is 1. The Morgan fingerprint density at radius 2 is 1.94 bits per heavy atom. The van der Waals surface area contributed by atoms with E-state index < -0.39 is 0 Å². The van der Waals surface area contributed by atoms with Crippen LogP contribution in [0.5, 0.6) is 0 Å². The van der Waals surface area contributed by atoms with E-state index in [2.05, 4.69) is 32.2 Å². The molecular weight excluding hydrogens is 212 g/mol. The van der Waals surface area contributed by atoms with Gasteiger partial charge < -0.3 is 11.1 Å². The Balaban J connectivity index is 2.81. The third-order valence-corrected chi connectivity index (χ3v) is 2.82. The van der Waals surface area contributed by atoms with Crippen molar-refractivity contribution in [3.63, 3.8) is 0 Å². The van der Waals surface area contributed by atoms with Crippen LogP contribution < -0.4 is 11.1 Å². The molecule has 94 valence electrons. The van der Waals surface area contributed by atoms with Gasteiger partial charge in [-0.15, -0.1) is 0 Å². The van der Waals surface area contributed by atoms with Gasteiger partial charge in [0.15, 0.2) is 0 Å². The number of hydrogen-bond donors (Lipinski definition) is 2. The van der Waals surface area contributed by atoms with Crippen molar-refractivity contribution in [1.82, 2.24) is 0 Å². The molecule has 1 rings (SSSR count). The van der Waals surface area contributed by atoms with Crippen molar-refractivity contribution < 1.29 is 4.79 Å². The molecule has 0 saturated heterocycles. The van der Waals surface area contributed by atoms with Crippen molar-refractivity contribution in [3.05, 3.63) is 29.8 Å². The summed E-state index contributed by atoms with van der Waals surface area (Å²) in [5.41, 5.74) is 7.65. The first-order valence-electron chi connectivity index (χ1n) is 5.95. The van der Waals surface area contributed by atoms with Gasteiger partial charge in [0, 0.05) is 12.2 Å². The number of rotatable bonds is 4. The number of anilines is 1. The van der Waals surface area contributed by atoms with Gasteiger partial charge in [0.2, 0.25) is 5.91 Å². The lowest BCUT2D eigenvalue weighted by atomic mass is 9.86. The summed E-state index contributed by atoms with van der Waals surface area (Å²) in [7, 11) is 0. The van der Waals surface area contributed by atoms with Crippen molar-refractivity contribution >= 4 is 11.6 Å². The standard InChI is InChI=1S/C14H22N2O/c1-10(13(15)17)9-16-12-8-6-5-7-11(12)14(2,3)4/h5-8,10,16H,9H2,1-4H3,(H2,15,17). The molecule has 1 atom stereocenters. The summed E-state index contributed by atoms with van der Waals surface area (Å²) in [5, 5.41) is 3.30. The molecule has 0 aromatic heterocycles. The van der Waals surface area contributed by atoms with Crippen LogP contribution in [0.4, 0.5) is 5.69 Å². The van der Waals surface area contributed by atoms with Gasteiger partial charge in [0.1, 0.15) is 0 Å². The monoisotopic (exact) mass is 234 g/mol. The van der Waals surface area contributed by atoms with Crippen molar-refractivity contribution in [2.75, 3.05) is 11.9 Å². The maximum atomic E-state index is 11.0. The minimum Gasteiger partial charge on any atom is -0.384 e. The zero-order chi connectivity index (χ0) is 13.1. The van der Waals surface area contributed by atoms with Gasteiger partial charge in [0.05, 0.1) is 5.92 Å². The van der Waals surface area contributed by atoms with E-state index in [1.165, 1.54) is 5.56 Å². The first kappa shape index (κ1) is 13.6. The fraction of sp³-hybridized carbons (Fsp3) is 0.500.